The Bertz CT molecular complexity index is 1020. The van der Waals surface area contributed by atoms with Gasteiger partial charge in [-0.1, -0.05) is 29.8 Å². The van der Waals surface area contributed by atoms with Crippen molar-refractivity contribution in [2.24, 2.45) is 11.8 Å². The summed E-state index contributed by atoms with van der Waals surface area (Å²) in [6.45, 7) is 6.73. The zero-order valence-electron chi connectivity index (χ0n) is 18.5. The molecular weight excluding hydrogens is 424 g/mol. The number of benzene rings is 2. The van der Waals surface area contributed by atoms with Gasteiger partial charge in [0.1, 0.15) is 6.04 Å². The molecule has 2 bridgehead atoms. The van der Waals surface area contributed by atoms with Gasteiger partial charge in [0.15, 0.2) is 0 Å². The molecule has 0 spiro atoms. The van der Waals surface area contributed by atoms with Gasteiger partial charge < -0.3 is 20.4 Å². The van der Waals surface area contributed by atoms with E-state index in [9.17, 15) is 9.59 Å². The van der Waals surface area contributed by atoms with Crippen molar-refractivity contribution in [2.45, 2.75) is 38.4 Å². The van der Waals surface area contributed by atoms with E-state index in [1.54, 1.807) is 4.90 Å². The third-order valence-electron chi connectivity index (χ3n) is 7.29. The second-order valence-corrected chi connectivity index (χ2v) is 10.1. The van der Waals surface area contributed by atoms with Crippen LogP contribution in [0.3, 0.4) is 0 Å². The fourth-order valence-electron chi connectivity index (χ4n) is 5.58. The van der Waals surface area contributed by atoms with Gasteiger partial charge in [-0.25, -0.2) is 0 Å². The molecule has 6 nitrogen and oxygen atoms in total. The zero-order valence-corrected chi connectivity index (χ0v) is 19.3. The molecule has 2 N–H and O–H groups in total. The Balaban J connectivity index is 1.18. The highest BCUT2D eigenvalue weighted by Crippen LogP contribution is 2.26. The molecule has 0 aliphatic carbocycles. The number of piperidine rings is 2. The van der Waals surface area contributed by atoms with Gasteiger partial charge in [-0.3, -0.25) is 9.59 Å². The molecule has 3 heterocycles. The lowest BCUT2D eigenvalue weighted by atomic mass is 9.85. The van der Waals surface area contributed by atoms with Gasteiger partial charge in [-0.2, -0.15) is 0 Å². The highest BCUT2D eigenvalue weighted by Gasteiger charge is 2.40. The van der Waals surface area contributed by atoms with E-state index < -0.39 is 6.04 Å². The van der Waals surface area contributed by atoms with Crippen molar-refractivity contribution in [3.63, 3.8) is 0 Å². The predicted octanol–water partition coefficient (Wildman–Crippen LogP) is 2.64. The Morgan fingerprint density at radius 2 is 1.88 bits per heavy atom. The van der Waals surface area contributed by atoms with E-state index in [1.165, 1.54) is 6.42 Å². The van der Waals surface area contributed by atoms with Crippen LogP contribution in [0.2, 0.25) is 5.02 Å². The maximum atomic E-state index is 13.2. The smallest absolute Gasteiger partial charge is 0.245 e. The average molecular weight is 455 g/mol. The number of fused-ring (bicyclic) bond motifs is 3. The van der Waals surface area contributed by atoms with Crippen LogP contribution < -0.4 is 10.6 Å². The van der Waals surface area contributed by atoms with Crippen LogP contribution in [0.1, 0.15) is 25.3 Å². The normalized spacial score (nSPS) is 26.6. The summed E-state index contributed by atoms with van der Waals surface area (Å²) < 4.78 is 0. The Hall–Kier alpha value is -2.15. The first-order chi connectivity index (χ1) is 15.5. The molecule has 5 rings (SSSR count). The second kappa shape index (κ2) is 9.00. The molecule has 4 atom stereocenters. The Morgan fingerprint density at radius 1 is 1.16 bits per heavy atom. The van der Waals surface area contributed by atoms with Gasteiger partial charge in [0.25, 0.3) is 0 Å². The minimum Gasteiger partial charge on any atom is -0.340 e. The average Bonchev–Trinajstić information content (AvgIpc) is 3.16. The van der Waals surface area contributed by atoms with Gasteiger partial charge >= 0.3 is 0 Å². The van der Waals surface area contributed by atoms with Gasteiger partial charge in [-0.05, 0) is 79.2 Å². The van der Waals surface area contributed by atoms with Crippen LogP contribution in [0.5, 0.6) is 0 Å². The fraction of sp³-hybridized carbons (Fsp3) is 0.520. The first-order valence-corrected chi connectivity index (χ1v) is 12.1. The van der Waals surface area contributed by atoms with Gasteiger partial charge in [0, 0.05) is 31.2 Å². The Kier molecular flexibility index (Phi) is 6.10. The zero-order chi connectivity index (χ0) is 22.2. The largest absolute Gasteiger partial charge is 0.340 e. The lowest BCUT2D eigenvalue weighted by Gasteiger charge is -2.43. The van der Waals surface area contributed by atoms with Crippen LogP contribution in [0.15, 0.2) is 36.4 Å². The maximum Gasteiger partial charge on any atom is 0.245 e. The number of amides is 2. The fourth-order valence-corrected chi connectivity index (χ4v) is 5.76. The van der Waals surface area contributed by atoms with Crippen LogP contribution in [-0.4, -0.2) is 66.4 Å². The van der Waals surface area contributed by atoms with Crippen LogP contribution >= 0.6 is 11.6 Å². The lowest BCUT2D eigenvalue weighted by molar-refractivity contribution is -0.145. The molecule has 2 aromatic rings. The molecule has 2 aromatic carbocycles. The summed E-state index contributed by atoms with van der Waals surface area (Å²) in [6.07, 6.45) is 1.94. The quantitative estimate of drug-likeness (QED) is 0.729. The van der Waals surface area contributed by atoms with Crippen molar-refractivity contribution in [3.8, 4) is 0 Å². The number of hydrogen-bond acceptors (Lipinski definition) is 4. The summed E-state index contributed by atoms with van der Waals surface area (Å²) in [6, 6.07) is 11.5. The molecule has 3 fully saturated rings. The van der Waals surface area contributed by atoms with E-state index in [4.69, 9.17) is 11.6 Å². The first-order valence-electron chi connectivity index (χ1n) is 11.7. The van der Waals surface area contributed by atoms with Gasteiger partial charge in [0.05, 0.1) is 6.04 Å². The monoisotopic (exact) mass is 454 g/mol. The summed E-state index contributed by atoms with van der Waals surface area (Å²) in [5.41, 5.74) is 1.13. The van der Waals surface area contributed by atoms with Crippen LogP contribution in [0.4, 0.5) is 0 Å². The molecule has 0 aromatic heterocycles. The van der Waals surface area contributed by atoms with Crippen molar-refractivity contribution in [2.75, 3.05) is 32.7 Å². The molecule has 2 amide bonds. The summed E-state index contributed by atoms with van der Waals surface area (Å²) in [7, 11) is 0. The third kappa shape index (κ3) is 4.36. The SMILES string of the molecule is C[C@@H](C(=O)N1CC2CNCC(C2)C1)N1CC[C@@H](NCc2ccc3cc(Cl)ccc3c2)C1=O. The van der Waals surface area contributed by atoms with E-state index in [0.717, 1.165) is 54.0 Å². The van der Waals surface area contributed by atoms with Gasteiger partial charge in [0.2, 0.25) is 11.8 Å². The number of rotatable bonds is 5. The van der Waals surface area contributed by atoms with Crippen LogP contribution in [-0.2, 0) is 16.1 Å². The van der Waals surface area contributed by atoms with E-state index in [-0.39, 0.29) is 17.9 Å². The van der Waals surface area contributed by atoms with E-state index in [2.05, 4.69) is 28.8 Å². The minimum atomic E-state index is -0.397. The molecule has 3 saturated heterocycles. The van der Waals surface area contributed by atoms with Gasteiger partial charge in [-0.15, -0.1) is 0 Å². The minimum absolute atomic E-state index is 0.0392. The number of carbonyl (C=O) groups is 2. The predicted molar refractivity (Wildman–Crippen MR) is 126 cm³/mol. The number of nitrogens with one attached hydrogen (secondary N) is 2. The number of halogens is 1. The molecule has 170 valence electrons. The molecule has 7 heteroatoms. The number of carbonyl (C=O) groups excluding carboxylic acids is 2. The summed E-state index contributed by atoms with van der Waals surface area (Å²) in [5.74, 6) is 1.22. The van der Waals surface area contributed by atoms with E-state index in [1.807, 2.05) is 30.0 Å². The summed E-state index contributed by atoms with van der Waals surface area (Å²) in [5, 5.41) is 9.84. The molecule has 32 heavy (non-hydrogen) atoms. The molecule has 0 saturated carbocycles. The van der Waals surface area contributed by atoms with Crippen molar-refractivity contribution in [1.29, 1.82) is 0 Å². The molecule has 0 radical (unpaired) electrons. The highest BCUT2D eigenvalue weighted by atomic mass is 35.5. The first kappa shape index (κ1) is 21.7. The van der Waals surface area contributed by atoms with Crippen LogP contribution in [0.25, 0.3) is 10.8 Å². The van der Waals surface area contributed by atoms with E-state index in [0.29, 0.717) is 24.9 Å². The Labute approximate surface area is 194 Å². The standard InChI is InChI=1S/C25H31ClN4O2/c1-16(24(31)29-14-18-8-19(15-29)12-27-11-18)30-7-6-23(25(30)32)28-13-17-2-3-21-10-22(26)5-4-20(21)9-17/h2-5,9-10,16,18-19,23,27-28H,6-8,11-15H2,1H3/t16-,18?,19?,23+/m0/s1. The molecule has 3 aliphatic rings. The van der Waals surface area contributed by atoms with Crippen molar-refractivity contribution < 1.29 is 9.59 Å². The number of nitrogens with zero attached hydrogens (tertiary/aromatic N) is 2. The van der Waals surface area contributed by atoms with Crippen molar-refractivity contribution >= 4 is 34.2 Å². The van der Waals surface area contributed by atoms with Crippen LogP contribution in [0, 0.1) is 11.8 Å². The van der Waals surface area contributed by atoms with Crippen molar-refractivity contribution in [3.05, 3.63) is 47.0 Å². The summed E-state index contributed by atoms with van der Waals surface area (Å²) in [4.78, 5) is 30.0. The number of likely N-dealkylation sites (tertiary alicyclic amines) is 2. The van der Waals surface area contributed by atoms with E-state index >= 15 is 0 Å². The third-order valence-corrected chi connectivity index (χ3v) is 7.52. The highest BCUT2D eigenvalue weighted by molar-refractivity contribution is 6.31. The molecule has 2 unspecified atom stereocenters. The second-order valence-electron chi connectivity index (χ2n) is 9.62. The number of hydrogen-bond donors (Lipinski definition) is 2. The topological polar surface area (TPSA) is 64.7 Å². The maximum absolute atomic E-state index is 13.2. The summed E-state index contributed by atoms with van der Waals surface area (Å²) >= 11 is 6.07. The lowest BCUT2D eigenvalue weighted by Crippen LogP contribution is -2.57. The molecule has 3 aliphatic heterocycles. The Morgan fingerprint density at radius 3 is 2.66 bits per heavy atom. The van der Waals surface area contributed by atoms with Crippen molar-refractivity contribution in [1.82, 2.24) is 20.4 Å². The molecular formula is C25H31ClN4O2.